The number of hydrogen-bond donors (Lipinski definition) is 0. The van der Waals surface area contributed by atoms with Gasteiger partial charge in [0.1, 0.15) is 0 Å². The van der Waals surface area contributed by atoms with E-state index >= 15 is 0 Å². The van der Waals surface area contributed by atoms with Crippen molar-refractivity contribution in [3.8, 4) is 11.5 Å². The highest BCUT2D eigenvalue weighted by molar-refractivity contribution is 9.10. The third-order valence-corrected chi connectivity index (χ3v) is 5.22. The second-order valence-corrected chi connectivity index (χ2v) is 8.15. The van der Waals surface area contributed by atoms with Gasteiger partial charge in [-0.05, 0) is 71.2 Å². The maximum absolute atomic E-state index is 12.3. The van der Waals surface area contributed by atoms with Crippen LogP contribution in [0, 0.1) is 0 Å². The molecular weight excluding hydrogens is 509 g/mol. The molecule has 0 atom stereocenters. The van der Waals surface area contributed by atoms with Crippen LogP contribution in [0.25, 0.3) is 6.08 Å². The summed E-state index contributed by atoms with van der Waals surface area (Å²) in [6, 6.07) is 8.15. The molecular formula is C22H18BrCl2NO5. The molecule has 9 heteroatoms. The minimum absolute atomic E-state index is 0.0890. The lowest BCUT2D eigenvalue weighted by Gasteiger charge is -2.13. The van der Waals surface area contributed by atoms with Gasteiger partial charge < -0.3 is 14.2 Å². The van der Waals surface area contributed by atoms with Gasteiger partial charge in [-0.15, -0.1) is 0 Å². The Hall–Kier alpha value is -2.35. The summed E-state index contributed by atoms with van der Waals surface area (Å²) in [5.41, 5.74) is 1.15. The maximum atomic E-state index is 12.3. The van der Waals surface area contributed by atoms with Gasteiger partial charge in [0.15, 0.2) is 17.2 Å². The lowest BCUT2D eigenvalue weighted by Crippen LogP contribution is -2.09. The highest BCUT2D eigenvalue weighted by atomic mass is 79.9. The number of esters is 2. The van der Waals surface area contributed by atoms with Crippen LogP contribution in [0.15, 0.2) is 45.5 Å². The smallest absolute Gasteiger partial charge is 0.363 e. The fourth-order valence-electron chi connectivity index (χ4n) is 2.75. The van der Waals surface area contributed by atoms with Gasteiger partial charge in [0.2, 0.25) is 5.90 Å². The third kappa shape index (κ3) is 5.67. The molecule has 0 saturated heterocycles. The molecule has 1 aliphatic heterocycles. The minimum atomic E-state index is -0.617. The summed E-state index contributed by atoms with van der Waals surface area (Å²) >= 11 is 15.5. The van der Waals surface area contributed by atoms with Crippen molar-refractivity contribution in [2.75, 3.05) is 6.61 Å². The van der Waals surface area contributed by atoms with Crippen LogP contribution in [-0.2, 0) is 14.3 Å². The van der Waals surface area contributed by atoms with Crippen molar-refractivity contribution in [3.05, 3.63) is 61.7 Å². The van der Waals surface area contributed by atoms with Gasteiger partial charge in [0.25, 0.3) is 0 Å². The predicted octanol–water partition coefficient (Wildman–Crippen LogP) is 6.20. The summed E-state index contributed by atoms with van der Waals surface area (Å²) in [6.07, 6.45) is 2.51. The zero-order valence-corrected chi connectivity index (χ0v) is 19.8. The summed E-state index contributed by atoms with van der Waals surface area (Å²) in [4.78, 5) is 28.5. The molecule has 0 saturated carbocycles. The summed E-state index contributed by atoms with van der Waals surface area (Å²) < 4.78 is 16.8. The van der Waals surface area contributed by atoms with E-state index in [4.69, 9.17) is 37.4 Å². The van der Waals surface area contributed by atoms with Gasteiger partial charge >= 0.3 is 11.9 Å². The molecule has 0 unspecified atom stereocenters. The summed E-state index contributed by atoms with van der Waals surface area (Å²) in [7, 11) is 0. The van der Waals surface area contributed by atoms with Crippen molar-refractivity contribution in [1.82, 2.24) is 0 Å². The Labute approximate surface area is 197 Å². The minimum Gasteiger partial charge on any atom is -0.490 e. The number of benzene rings is 2. The van der Waals surface area contributed by atoms with Gasteiger partial charge in [0, 0.05) is 11.4 Å². The Morgan fingerprint density at radius 2 is 2.00 bits per heavy atom. The van der Waals surface area contributed by atoms with Crippen LogP contribution in [0.5, 0.6) is 11.5 Å². The van der Waals surface area contributed by atoms with E-state index in [0.29, 0.717) is 50.8 Å². The topological polar surface area (TPSA) is 74.2 Å². The lowest BCUT2D eigenvalue weighted by atomic mass is 10.1. The zero-order chi connectivity index (χ0) is 22.5. The van der Waals surface area contributed by atoms with E-state index in [0.717, 1.165) is 0 Å². The van der Waals surface area contributed by atoms with E-state index in [1.807, 2.05) is 13.8 Å². The number of aliphatic imine (C=N–C) groups is 1. The molecule has 6 nitrogen and oxygen atoms in total. The van der Waals surface area contributed by atoms with Crippen LogP contribution in [0.2, 0.25) is 10.0 Å². The van der Waals surface area contributed by atoms with Gasteiger partial charge in [-0.1, -0.05) is 30.1 Å². The SMILES string of the molecule is CCCC(=O)Oc1c(Br)cc(/C=C2\N=C(c3ccc(Cl)cc3Cl)OC2=O)cc1OCC. The Balaban J connectivity index is 1.95. The van der Waals surface area contributed by atoms with Crippen molar-refractivity contribution in [2.24, 2.45) is 4.99 Å². The summed E-state index contributed by atoms with van der Waals surface area (Å²) in [6.45, 7) is 4.07. The predicted molar refractivity (Wildman–Crippen MR) is 123 cm³/mol. The molecule has 0 aromatic heterocycles. The molecule has 2 aromatic rings. The number of nitrogens with zero attached hydrogens (tertiary/aromatic N) is 1. The van der Waals surface area contributed by atoms with E-state index in [9.17, 15) is 9.59 Å². The maximum Gasteiger partial charge on any atom is 0.363 e. The average molecular weight is 527 g/mol. The second kappa shape index (κ2) is 10.3. The Bertz CT molecular complexity index is 1100. The molecule has 1 aliphatic rings. The van der Waals surface area contributed by atoms with Gasteiger partial charge in [-0.3, -0.25) is 4.79 Å². The van der Waals surface area contributed by atoms with E-state index < -0.39 is 5.97 Å². The fraction of sp³-hybridized carbons (Fsp3) is 0.227. The highest BCUT2D eigenvalue weighted by Gasteiger charge is 2.26. The summed E-state index contributed by atoms with van der Waals surface area (Å²) in [5, 5.41) is 0.780. The van der Waals surface area contributed by atoms with Gasteiger partial charge in [0.05, 0.1) is 21.7 Å². The first-order valence-corrected chi connectivity index (χ1v) is 11.0. The molecule has 2 aromatic carbocycles. The lowest BCUT2D eigenvalue weighted by molar-refractivity contribution is -0.134. The van der Waals surface area contributed by atoms with Crippen LogP contribution >= 0.6 is 39.1 Å². The van der Waals surface area contributed by atoms with Crippen LogP contribution < -0.4 is 9.47 Å². The fourth-order valence-corrected chi connectivity index (χ4v) is 3.78. The number of hydrogen-bond acceptors (Lipinski definition) is 6. The number of cyclic esters (lactones) is 1. The van der Waals surface area contributed by atoms with Crippen LogP contribution in [0.1, 0.15) is 37.8 Å². The van der Waals surface area contributed by atoms with Crippen molar-refractivity contribution in [3.63, 3.8) is 0 Å². The Morgan fingerprint density at radius 3 is 2.68 bits per heavy atom. The van der Waals surface area contributed by atoms with Crippen LogP contribution in [0.4, 0.5) is 0 Å². The molecule has 0 spiro atoms. The molecule has 3 rings (SSSR count). The molecule has 0 aliphatic carbocycles. The van der Waals surface area contributed by atoms with E-state index in [1.54, 1.807) is 36.4 Å². The number of rotatable bonds is 7. The van der Waals surface area contributed by atoms with E-state index in [2.05, 4.69) is 20.9 Å². The zero-order valence-electron chi connectivity index (χ0n) is 16.7. The van der Waals surface area contributed by atoms with Crippen LogP contribution in [0.3, 0.4) is 0 Å². The van der Waals surface area contributed by atoms with Crippen molar-refractivity contribution < 1.29 is 23.8 Å². The highest BCUT2D eigenvalue weighted by Crippen LogP contribution is 2.38. The number of ether oxygens (including phenoxy) is 3. The van der Waals surface area contributed by atoms with Gasteiger partial charge in [-0.2, -0.15) is 0 Å². The molecule has 31 heavy (non-hydrogen) atoms. The largest absolute Gasteiger partial charge is 0.490 e. The second-order valence-electron chi connectivity index (χ2n) is 6.45. The Kier molecular flexibility index (Phi) is 7.75. The van der Waals surface area contributed by atoms with Crippen molar-refractivity contribution in [1.29, 1.82) is 0 Å². The third-order valence-electron chi connectivity index (χ3n) is 4.09. The first-order chi connectivity index (χ1) is 14.8. The van der Waals surface area contributed by atoms with Gasteiger partial charge in [-0.25, -0.2) is 9.79 Å². The van der Waals surface area contributed by atoms with Crippen molar-refractivity contribution in [2.45, 2.75) is 26.7 Å². The molecule has 0 fully saturated rings. The van der Waals surface area contributed by atoms with E-state index in [-0.39, 0.29) is 23.3 Å². The molecule has 0 radical (unpaired) electrons. The standard InChI is InChI=1S/C22H18BrCl2NO5/c1-3-5-19(27)30-20-15(23)8-12(10-18(20)29-4-2)9-17-22(28)31-21(26-17)14-7-6-13(24)11-16(14)25/h6-11H,3-5H2,1-2H3/b17-9-. The molecule has 0 N–H and O–H groups in total. The van der Waals surface area contributed by atoms with Crippen molar-refractivity contribution >= 4 is 63.0 Å². The normalized spacial score (nSPS) is 14.4. The average Bonchev–Trinajstić information content (AvgIpc) is 3.05. The van der Waals surface area contributed by atoms with E-state index in [1.165, 1.54) is 0 Å². The quantitative estimate of drug-likeness (QED) is 0.244. The Morgan fingerprint density at radius 1 is 1.23 bits per heavy atom. The monoisotopic (exact) mass is 525 g/mol. The first kappa shape index (κ1) is 23.3. The first-order valence-electron chi connectivity index (χ1n) is 9.47. The number of carbonyl (C=O) groups is 2. The number of halogens is 3. The molecule has 1 heterocycles. The molecule has 0 bridgehead atoms. The summed E-state index contributed by atoms with van der Waals surface area (Å²) in [5.74, 6) is -0.234. The molecule has 162 valence electrons. The number of carbonyl (C=O) groups excluding carboxylic acids is 2. The van der Waals surface area contributed by atoms with Crippen LogP contribution in [-0.4, -0.2) is 24.4 Å². The molecule has 0 amide bonds.